The molecule has 1 saturated heterocycles. The summed E-state index contributed by atoms with van der Waals surface area (Å²) in [6, 6.07) is 16.6. The van der Waals surface area contributed by atoms with E-state index in [2.05, 4.69) is 30.3 Å². The first-order valence-corrected chi connectivity index (χ1v) is 13.4. The number of nitrogens with zero attached hydrogens (tertiary/aromatic N) is 6. The van der Waals surface area contributed by atoms with Gasteiger partial charge in [-0.2, -0.15) is 10.1 Å². The number of hydrazone groups is 1. The SMILES string of the molecule is Cc1ccc(Cl)c(N2C(=O)CSC2=NC(=O)N/N=C/c2ccc(-c3ncn(-c4ccc(OC(F)(F)F)cc4)n3)cc2)c1. The number of urea groups is 1. The Kier molecular flexibility index (Phi) is 8.27. The Labute approximate surface area is 245 Å². The van der Waals surface area contributed by atoms with Gasteiger partial charge in [0.1, 0.15) is 12.1 Å². The molecule has 10 nitrogen and oxygen atoms in total. The van der Waals surface area contributed by atoms with Gasteiger partial charge < -0.3 is 4.74 Å². The first-order chi connectivity index (χ1) is 20.1. The highest BCUT2D eigenvalue weighted by molar-refractivity contribution is 8.15. The number of aromatic nitrogens is 3. The molecule has 1 N–H and O–H groups in total. The van der Waals surface area contributed by atoms with E-state index in [0.29, 0.717) is 33.3 Å². The Morgan fingerprint density at radius 1 is 1.12 bits per heavy atom. The zero-order valence-corrected chi connectivity index (χ0v) is 23.1. The number of benzene rings is 3. The molecule has 1 aliphatic rings. The molecule has 0 atom stereocenters. The van der Waals surface area contributed by atoms with E-state index in [-0.39, 0.29) is 22.6 Å². The number of nitrogens with one attached hydrogen (secondary N) is 1. The molecule has 1 aromatic heterocycles. The molecule has 42 heavy (non-hydrogen) atoms. The van der Waals surface area contributed by atoms with Crippen molar-refractivity contribution in [3.63, 3.8) is 0 Å². The van der Waals surface area contributed by atoms with Crippen LogP contribution in [0.4, 0.5) is 23.7 Å². The van der Waals surface area contributed by atoms with Gasteiger partial charge in [-0.15, -0.1) is 18.3 Å². The molecule has 0 aliphatic carbocycles. The number of aryl methyl sites for hydroxylation is 1. The van der Waals surface area contributed by atoms with E-state index >= 15 is 0 Å². The number of anilines is 1. The van der Waals surface area contributed by atoms with Crippen molar-refractivity contribution in [1.82, 2.24) is 20.2 Å². The van der Waals surface area contributed by atoms with Crippen LogP contribution in [0.5, 0.6) is 5.75 Å². The lowest BCUT2D eigenvalue weighted by Gasteiger charge is -2.17. The molecule has 1 fully saturated rings. The minimum absolute atomic E-state index is 0.127. The minimum atomic E-state index is -4.77. The molecule has 0 bridgehead atoms. The Bertz CT molecular complexity index is 1690. The summed E-state index contributed by atoms with van der Waals surface area (Å²) in [5.41, 5.74) is 5.50. The van der Waals surface area contributed by atoms with E-state index in [1.54, 1.807) is 36.4 Å². The smallest absolute Gasteiger partial charge is 0.406 e. The molecule has 0 radical (unpaired) electrons. The number of aliphatic imine (C=N–C) groups is 1. The van der Waals surface area contributed by atoms with Crippen molar-refractivity contribution in [3.05, 3.63) is 89.2 Å². The average Bonchev–Trinajstić information content (AvgIpc) is 3.57. The fourth-order valence-corrected chi connectivity index (χ4v) is 4.85. The lowest BCUT2D eigenvalue weighted by molar-refractivity contribution is -0.274. The van der Waals surface area contributed by atoms with Crippen LogP contribution in [0.2, 0.25) is 5.02 Å². The van der Waals surface area contributed by atoms with Crippen LogP contribution >= 0.6 is 23.4 Å². The number of hydrogen-bond donors (Lipinski definition) is 1. The van der Waals surface area contributed by atoms with E-state index in [9.17, 15) is 22.8 Å². The molecule has 2 heterocycles. The highest BCUT2D eigenvalue weighted by atomic mass is 35.5. The minimum Gasteiger partial charge on any atom is -0.406 e. The third-order valence-corrected chi connectivity index (χ3v) is 6.92. The maximum absolute atomic E-state index is 12.4. The quantitative estimate of drug-likeness (QED) is 0.212. The van der Waals surface area contributed by atoms with Crippen LogP contribution in [-0.2, 0) is 4.79 Å². The lowest BCUT2D eigenvalue weighted by atomic mass is 10.1. The van der Waals surface area contributed by atoms with Crippen LogP contribution in [0, 0.1) is 6.92 Å². The third kappa shape index (κ3) is 6.95. The predicted octanol–water partition coefficient (Wildman–Crippen LogP) is 5.97. The first kappa shape index (κ1) is 28.8. The van der Waals surface area contributed by atoms with Crippen molar-refractivity contribution in [1.29, 1.82) is 0 Å². The summed E-state index contributed by atoms with van der Waals surface area (Å²) >= 11 is 7.39. The molecule has 15 heteroatoms. The number of halogens is 4. The monoisotopic (exact) mass is 613 g/mol. The maximum atomic E-state index is 12.4. The van der Waals surface area contributed by atoms with E-state index in [1.165, 1.54) is 46.4 Å². The number of amides is 3. The second-order valence-corrected chi connectivity index (χ2v) is 10.1. The van der Waals surface area contributed by atoms with Crippen molar-refractivity contribution in [2.24, 2.45) is 10.1 Å². The van der Waals surface area contributed by atoms with Gasteiger partial charge in [-0.3, -0.25) is 9.69 Å². The Balaban J connectivity index is 1.20. The average molecular weight is 614 g/mol. The summed E-state index contributed by atoms with van der Waals surface area (Å²) in [5, 5.41) is 8.84. The highest BCUT2D eigenvalue weighted by Crippen LogP contribution is 2.33. The van der Waals surface area contributed by atoms with E-state index in [1.807, 2.05) is 13.0 Å². The van der Waals surface area contributed by atoms with Crippen LogP contribution in [0.15, 0.2) is 83.2 Å². The molecular formula is C27H19ClF3N7O3S. The molecule has 5 rings (SSSR count). The van der Waals surface area contributed by atoms with Gasteiger partial charge in [0.05, 0.1) is 28.4 Å². The van der Waals surface area contributed by atoms with Crippen LogP contribution < -0.4 is 15.1 Å². The number of carbonyl (C=O) groups is 2. The molecule has 3 amide bonds. The number of amidine groups is 1. The number of hydrogen-bond acceptors (Lipinski definition) is 7. The Morgan fingerprint density at radius 3 is 2.57 bits per heavy atom. The molecule has 1 aliphatic heterocycles. The van der Waals surface area contributed by atoms with Crippen LogP contribution in [0.25, 0.3) is 17.1 Å². The second kappa shape index (κ2) is 12.0. The number of carbonyl (C=O) groups excluding carboxylic acids is 2. The zero-order valence-electron chi connectivity index (χ0n) is 21.5. The van der Waals surface area contributed by atoms with Crippen molar-refractivity contribution >= 4 is 52.4 Å². The Morgan fingerprint density at radius 2 is 1.86 bits per heavy atom. The summed E-state index contributed by atoms with van der Waals surface area (Å²) < 4.78 is 42.4. The van der Waals surface area contributed by atoms with E-state index in [0.717, 1.165) is 17.3 Å². The maximum Gasteiger partial charge on any atom is 0.573 e. The van der Waals surface area contributed by atoms with Crippen molar-refractivity contribution in [2.75, 3.05) is 10.7 Å². The number of thioether (sulfide) groups is 1. The van der Waals surface area contributed by atoms with E-state index in [4.69, 9.17) is 11.6 Å². The van der Waals surface area contributed by atoms with Crippen molar-refractivity contribution < 1.29 is 27.5 Å². The van der Waals surface area contributed by atoms with Crippen LogP contribution in [0.3, 0.4) is 0 Å². The molecule has 4 aromatic rings. The normalized spacial score (nSPS) is 14.6. The largest absolute Gasteiger partial charge is 0.573 e. The standard InChI is InChI=1S/C27H19ClF3N7O3S/c1-16-2-11-21(28)22(12-16)38-23(39)14-42-26(38)34-25(40)35-33-13-17-3-5-18(6-4-17)24-32-15-37(36-24)19-7-9-20(10-8-19)41-27(29,30)31/h2-13,15H,14H2,1H3,(H,35,40)/b33-13+,34-26?. The number of alkyl halides is 3. The molecule has 3 aromatic carbocycles. The summed E-state index contributed by atoms with van der Waals surface area (Å²) in [5.74, 6) is -0.0629. The van der Waals surface area contributed by atoms with E-state index < -0.39 is 12.4 Å². The predicted molar refractivity (Wildman–Crippen MR) is 153 cm³/mol. The summed E-state index contributed by atoms with van der Waals surface area (Å²) in [7, 11) is 0. The van der Waals surface area contributed by atoms with Crippen molar-refractivity contribution in [3.8, 4) is 22.8 Å². The summed E-state index contributed by atoms with van der Waals surface area (Å²) in [4.78, 5) is 34.4. The summed E-state index contributed by atoms with van der Waals surface area (Å²) in [6.07, 6.45) is -1.92. The first-order valence-electron chi connectivity index (χ1n) is 12.1. The zero-order chi connectivity index (χ0) is 29.9. The molecule has 0 unspecified atom stereocenters. The third-order valence-electron chi connectivity index (χ3n) is 5.67. The van der Waals surface area contributed by atoms with Gasteiger partial charge in [0.2, 0.25) is 5.91 Å². The lowest BCUT2D eigenvalue weighted by Crippen LogP contribution is -2.31. The topological polar surface area (TPSA) is 114 Å². The van der Waals surface area contributed by atoms with Crippen LogP contribution in [-0.4, -0.2) is 50.2 Å². The molecule has 0 spiro atoms. The molecule has 0 saturated carbocycles. The van der Waals surface area contributed by atoms with Gasteiger partial charge in [0.25, 0.3) is 0 Å². The Hall–Kier alpha value is -4.69. The van der Waals surface area contributed by atoms with Gasteiger partial charge in [-0.05, 0) is 54.4 Å². The number of rotatable bonds is 6. The molecular weight excluding hydrogens is 595 g/mol. The van der Waals surface area contributed by atoms with Gasteiger partial charge in [-0.1, -0.05) is 53.7 Å². The van der Waals surface area contributed by atoms with Crippen LogP contribution in [0.1, 0.15) is 11.1 Å². The fraction of sp³-hybridized carbons (Fsp3) is 0.111. The van der Waals surface area contributed by atoms with Gasteiger partial charge in [0.15, 0.2) is 11.0 Å². The van der Waals surface area contributed by atoms with Crippen molar-refractivity contribution in [2.45, 2.75) is 13.3 Å². The fourth-order valence-electron chi connectivity index (χ4n) is 3.79. The van der Waals surface area contributed by atoms with Gasteiger partial charge in [0, 0.05) is 5.56 Å². The molecule has 214 valence electrons. The summed E-state index contributed by atoms with van der Waals surface area (Å²) in [6.45, 7) is 1.87. The second-order valence-electron chi connectivity index (χ2n) is 8.72. The highest BCUT2D eigenvalue weighted by Gasteiger charge is 2.32. The van der Waals surface area contributed by atoms with Gasteiger partial charge in [-0.25, -0.2) is 19.9 Å². The van der Waals surface area contributed by atoms with Gasteiger partial charge >= 0.3 is 12.4 Å². The number of ether oxygens (including phenoxy) is 1.